The smallest absolute Gasteiger partial charge is 0.364 e. The van der Waals surface area contributed by atoms with Crippen molar-refractivity contribution in [3.05, 3.63) is 77.4 Å². The maximum absolute atomic E-state index is 15.6. The number of carbonyl (C=O) groups is 2. The summed E-state index contributed by atoms with van der Waals surface area (Å²) in [6, 6.07) is 12.0. The first kappa shape index (κ1) is 21.3. The normalized spacial score (nSPS) is 22.4. The van der Waals surface area contributed by atoms with Crippen LogP contribution in [0.15, 0.2) is 54.7 Å². The van der Waals surface area contributed by atoms with Crippen LogP contribution in [0, 0.1) is 25.1 Å². The van der Waals surface area contributed by atoms with Gasteiger partial charge in [-0.2, -0.15) is 9.58 Å². The third-order valence-electron chi connectivity index (χ3n) is 6.42. The lowest BCUT2D eigenvalue weighted by Crippen LogP contribution is -2.70. The van der Waals surface area contributed by atoms with Gasteiger partial charge >= 0.3 is 6.03 Å². The minimum atomic E-state index is -1.70. The predicted molar refractivity (Wildman–Crippen MR) is 119 cm³/mol. The van der Waals surface area contributed by atoms with Crippen LogP contribution in [0.2, 0.25) is 0 Å². The zero-order chi connectivity index (χ0) is 23.1. The van der Waals surface area contributed by atoms with Gasteiger partial charge in [0.25, 0.3) is 5.91 Å². The van der Waals surface area contributed by atoms with Crippen molar-refractivity contribution in [2.75, 3.05) is 6.54 Å². The molecule has 8 heteroatoms. The number of primary amides is 2. The lowest BCUT2D eigenvalue weighted by molar-refractivity contribution is -0.127. The number of hydrogen-bond donors (Lipinski definition) is 2. The molecule has 3 aromatic rings. The average Bonchev–Trinajstić information content (AvgIpc) is 3.39. The van der Waals surface area contributed by atoms with E-state index in [-0.39, 0.29) is 18.5 Å². The number of carbonyl (C=O) groups excluding carboxylic acids is 2. The van der Waals surface area contributed by atoms with E-state index in [9.17, 15) is 9.59 Å². The Morgan fingerprint density at radius 2 is 1.91 bits per heavy atom. The van der Waals surface area contributed by atoms with Crippen molar-refractivity contribution in [3.8, 4) is 18.0 Å². The molecule has 0 bridgehead atoms. The second-order valence-electron chi connectivity index (χ2n) is 7.94. The molecule has 2 atom stereocenters. The molecule has 4 N–H and O–H groups in total. The number of nitrogens with two attached hydrogens (primary N) is 2. The van der Waals surface area contributed by atoms with E-state index in [1.165, 1.54) is 12.1 Å². The minimum Gasteiger partial charge on any atom is -0.364 e. The molecule has 2 aromatic carbocycles. The molecule has 0 saturated carbocycles. The van der Waals surface area contributed by atoms with E-state index in [0.29, 0.717) is 23.4 Å². The molecule has 32 heavy (non-hydrogen) atoms. The Balaban J connectivity index is 1.95. The summed E-state index contributed by atoms with van der Waals surface area (Å²) >= 11 is 0. The van der Waals surface area contributed by atoms with Gasteiger partial charge in [0.15, 0.2) is 0 Å². The van der Waals surface area contributed by atoms with Crippen molar-refractivity contribution < 1.29 is 14.0 Å². The molecule has 0 aliphatic carbocycles. The lowest BCUT2D eigenvalue weighted by atomic mass is 9.83. The van der Waals surface area contributed by atoms with Crippen LogP contribution in [-0.4, -0.2) is 28.3 Å². The standard InChI is InChI=1S/C24H22FN5O2/c1-3-17-5-8-19(9-6-17)30(23(27)32)14-4-12-24(30,22(26)31)20-10-7-18(15-21(20)25)29-16(2)11-13-28-29/h1,5-11,13,15H,4,12,14H2,2H3,(H3-,26,27,31,32)/p+1/t24-,30?/m1/s1. The van der Waals surface area contributed by atoms with E-state index in [1.807, 2.05) is 6.92 Å². The highest BCUT2D eigenvalue weighted by atomic mass is 19.1. The van der Waals surface area contributed by atoms with Gasteiger partial charge in [0.1, 0.15) is 11.5 Å². The maximum Gasteiger partial charge on any atom is 0.420 e. The van der Waals surface area contributed by atoms with Gasteiger partial charge in [-0.25, -0.2) is 13.9 Å². The molecule has 4 rings (SSSR count). The average molecular weight is 432 g/mol. The SMILES string of the molecule is C#Cc1ccc([N+]2(C(N)=O)CCC[C@]2(C(N)=O)c2ccc(-n3nccc3C)cc2F)cc1. The van der Waals surface area contributed by atoms with E-state index < -0.39 is 27.8 Å². The number of halogens is 1. The van der Waals surface area contributed by atoms with Gasteiger partial charge in [0.2, 0.25) is 5.54 Å². The highest BCUT2D eigenvalue weighted by molar-refractivity contribution is 5.99. The number of aromatic nitrogens is 2. The van der Waals surface area contributed by atoms with E-state index in [4.69, 9.17) is 17.9 Å². The van der Waals surface area contributed by atoms with Crippen LogP contribution in [0.4, 0.5) is 14.9 Å². The summed E-state index contributed by atoms with van der Waals surface area (Å²) in [7, 11) is 0. The first-order valence-electron chi connectivity index (χ1n) is 10.1. The van der Waals surface area contributed by atoms with Crippen molar-refractivity contribution in [3.63, 3.8) is 0 Å². The van der Waals surface area contributed by atoms with Crippen molar-refractivity contribution in [2.45, 2.75) is 25.3 Å². The van der Waals surface area contributed by atoms with E-state index in [2.05, 4.69) is 11.0 Å². The number of nitrogens with zero attached hydrogens (tertiary/aromatic N) is 3. The fourth-order valence-corrected chi connectivity index (χ4v) is 4.94. The van der Waals surface area contributed by atoms with Gasteiger partial charge in [0.05, 0.1) is 17.8 Å². The third-order valence-corrected chi connectivity index (χ3v) is 6.42. The lowest BCUT2D eigenvalue weighted by Gasteiger charge is -2.43. The molecular weight excluding hydrogens is 409 g/mol. The summed E-state index contributed by atoms with van der Waals surface area (Å²) < 4.78 is 16.6. The number of urea groups is 1. The van der Waals surface area contributed by atoms with Crippen molar-refractivity contribution >= 4 is 17.6 Å². The summed E-state index contributed by atoms with van der Waals surface area (Å²) in [6.45, 7) is 2.04. The molecule has 2 heterocycles. The molecule has 3 amide bonds. The van der Waals surface area contributed by atoms with Crippen LogP contribution < -0.4 is 16.0 Å². The molecule has 1 unspecified atom stereocenters. The van der Waals surface area contributed by atoms with E-state index in [1.54, 1.807) is 47.3 Å². The van der Waals surface area contributed by atoms with Crippen LogP contribution in [-0.2, 0) is 10.3 Å². The van der Waals surface area contributed by atoms with Crippen molar-refractivity contribution in [1.29, 1.82) is 0 Å². The summed E-state index contributed by atoms with van der Waals surface area (Å²) in [5, 5.41) is 4.19. The Labute approximate surface area is 185 Å². The number of hydrogen-bond acceptors (Lipinski definition) is 3. The molecular formula is C24H23FN5O2+. The van der Waals surface area contributed by atoms with Gasteiger partial charge in [-0.3, -0.25) is 4.79 Å². The van der Waals surface area contributed by atoms with Crippen LogP contribution in [0.25, 0.3) is 5.69 Å². The van der Waals surface area contributed by atoms with Gasteiger partial charge in [-0.05, 0) is 37.3 Å². The Kier molecular flexibility index (Phi) is 5.07. The number of aryl methyl sites for hydroxylation is 1. The summed E-state index contributed by atoms with van der Waals surface area (Å²) in [6.07, 6.45) is 7.67. The largest absolute Gasteiger partial charge is 0.420 e. The highest BCUT2D eigenvalue weighted by Gasteiger charge is 2.66. The first-order chi connectivity index (χ1) is 15.3. The molecule has 1 fully saturated rings. The Bertz CT molecular complexity index is 1260. The quantitative estimate of drug-likeness (QED) is 0.489. The second-order valence-corrected chi connectivity index (χ2v) is 7.94. The Morgan fingerprint density at radius 1 is 1.19 bits per heavy atom. The zero-order valence-corrected chi connectivity index (χ0v) is 17.6. The summed E-state index contributed by atoms with van der Waals surface area (Å²) in [4.78, 5) is 26.0. The fraction of sp³-hybridized carbons (Fsp3) is 0.208. The van der Waals surface area contributed by atoms with E-state index in [0.717, 1.165) is 5.69 Å². The molecule has 1 aliphatic heterocycles. The topological polar surface area (TPSA) is 104 Å². The number of quaternary nitrogens is 1. The molecule has 1 aliphatic rings. The first-order valence-corrected chi connectivity index (χ1v) is 10.1. The van der Waals surface area contributed by atoms with Crippen LogP contribution >= 0.6 is 0 Å². The van der Waals surface area contributed by atoms with Gasteiger partial charge < -0.3 is 11.5 Å². The molecule has 7 nitrogen and oxygen atoms in total. The second kappa shape index (κ2) is 7.62. The number of likely N-dealkylation sites (tertiary alicyclic amines) is 1. The summed E-state index contributed by atoms with van der Waals surface area (Å²) in [5.74, 6) is 1.02. The molecule has 162 valence electrons. The Hall–Kier alpha value is -3.96. The van der Waals surface area contributed by atoms with E-state index >= 15 is 4.39 Å². The number of rotatable bonds is 4. The van der Waals surface area contributed by atoms with Crippen LogP contribution in [0.1, 0.15) is 29.7 Å². The van der Waals surface area contributed by atoms with Gasteiger partial charge in [-0.15, -0.1) is 6.42 Å². The molecule has 1 saturated heterocycles. The zero-order valence-electron chi connectivity index (χ0n) is 17.6. The number of terminal acetylenes is 1. The van der Waals surface area contributed by atoms with Gasteiger partial charge in [-0.1, -0.05) is 5.92 Å². The van der Waals surface area contributed by atoms with Crippen molar-refractivity contribution in [1.82, 2.24) is 14.3 Å². The van der Waals surface area contributed by atoms with Crippen LogP contribution in [0.5, 0.6) is 0 Å². The molecule has 0 radical (unpaired) electrons. The Morgan fingerprint density at radius 3 is 2.44 bits per heavy atom. The number of benzene rings is 2. The van der Waals surface area contributed by atoms with Gasteiger partial charge in [0, 0.05) is 48.5 Å². The highest BCUT2D eigenvalue weighted by Crippen LogP contribution is 2.49. The minimum absolute atomic E-state index is 0.0240. The maximum atomic E-state index is 15.6. The fourth-order valence-electron chi connectivity index (χ4n) is 4.94. The summed E-state index contributed by atoms with van der Waals surface area (Å²) in [5.41, 5.74) is 12.5. The number of amides is 3. The molecule has 1 aromatic heterocycles. The van der Waals surface area contributed by atoms with Crippen LogP contribution in [0.3, 0.4) is 0 Å². The third kappa shape index (κ3) is 2.82. The molecule has 0 spiro atoms. The predicted octanol–water partition coefficient (Wildman–Crippen LogP) is 2.86. The van der Waals surface area contributed by atoms with Crippen molar-refractivity contribution in [2.24, 2.45) is 11.5 Å². The monoisotopic (exact) mass is 432 g/mol.